The predicted octanol–water partition coefficient (Wildman–Crippen LogP) is 6.51. The molecule has 0 saturated heterocycles. The van der Waals surface area contributed by atoms with Crippen LogP contribution in [0.1, 0.15) is 90.7 Å². The number of aliphatic hydroxyl groups excluding tert-OH is 1. The number of aryl methyl sites for hydroxylation is 3. The summed E-state index contributed by atoms with van der Waals surface area (Å²) in [5.74, 6) is 0.0503. The van der Waals surface area contributed by atoms with Crippen LogP contribution in [0.25, 0.3) is 0 Å². The zero-order chi connectivity index (χ0) is 23.6. The number of benzene rings is 1. The average Bonchev–Trinajstić information content (AvgIpc) is 3.07. The number of rotatable bonds is 8. The maximum Gasteiger partial charge on any atom is 0.253 e. The van der Waals surface area contributed by atoms with Gasteiger partial charge in [-0.2, -0.15) is 0 Å². The van der Waals surface area contributed by atoms with Gasteiger partial charge in [0.1, 0.15) is 0 Å². The van der Waals surface area contributed by atoms with Gasteiger partial charge in [0.05, 0.1) is 6.10 Å². The molecule has 31 heavy (non-hydrogen) atoms. The summed E-state index contributed by atoms with van der Waals surface area (Å²) in [7, 11) is 3.59. The van der Waals surface area contributed by atoms with E-state index >= 15 is 0 Å². The summed E-state index contributed by atoms with van der Waals surface area (Å²) in [5.41, 5.74) is 4.27. The lowest BCUT2D eigenvalue weighted by atomic mass is 9.73. The van der Waals surface area contributed by atoms with Gasteiger partial charge in [0.15, 0.2) is 0 Å². The standard InChI is InChI=1S/C27H41NO2S/c1-10-27(11-2,20-12-13-21(18(3)16-20)25(30)28(8)9)24-17-19(4)22(31-24)14-15-23(29)26(5,6)7/h12-13,16-17,23,29H,10-11,14-15H2,1-9H3. The summed E-state index contributed by atoms with van der Waals surface area (Å²) >= 11 is 1.90. The molecular formula is C27H41NO2S. The first kappa shape index (κ1) is 25.6. The zero-order valence-electron chi connectivity index (χ0n) is 20.9. The highest BCUT2D eigenvalue weighted by Gasteiger charge is 2.34. The van der Waals surface area contributed by atoms with Crippen LogP contribution in [0.15, 0.2) is 24.3 Å². The zero-order valence-corrected chi connectivity index (χ0v) is 21.7. The Hall–Kier alpha value is -1.65. The van der Waals surface area contributed by atoms with Crippen molar-refractivity contribution in [3.8, 4) is 0 Å². The fourth-order valence-corrected chi connectivity index (χ4v) is 5.84. The SMILES string of the molecule is CCC(CC)(c1ccc(C(=O)N(C)C)c(C)c1)c1cc(C)c(CCC(O)C(C)(C)C)s1. The quantitative estimate of drug-likeness (QED) is 0.505. The van der Waals surface area contributed by atoms with Gasteiger partial charge in [0, 0.05) is 34.8 Å². The molecule has 3 nitrogen and oxygen atoms in total. The van der Waals surface area contributed by atoms with Crippen molar-refractivity contribution >= 4 is 17.2 Å². The second-order valence-corrected chi connectivity index (χ2v) is 11.3. The fourth-order valence-electron chi connectivity index (χ4n) is 4.30. The summed E-state index contributed by atoms with van der Waals surface area (Å²) in [6.45, 7) is 15.0. The van der Waals surface area contributed by atoms with Gasteiger partial charge in [-0.15, -0.1) is 11.3 Å². The first-order chi connectivity index (χ1) is 14.4. The molecule has 1 amide bonds. The maximum atomic E-state index is 12.5. The Morgan fingerprint density at radius 3 is 2.16 bits per heavy atom. The second-order valence-electron chi connectivity index (χ2n) is 10.2. The van der Waals surface area contributed by atoms with Gasteiger partial charge in [0.25, 0.3) is 5.91 Å². The minimum absolute atomic E-state index is 0.0503. The highest BCUT2D eigenvalue weighted by Crippen LogP contribution is 2.44. The van der Waals surface area contributed by atoms with Crippen LogP contribution in [0, 0.1) is 19.3 Å². The molecule has 1 atom stereocenters. The van der Waals surface area contributed by atoms with Crippen molar-refractivity contribution in [3.05, 3.63) is 56.3 Å². The maximum absolute atomic E-state index is 12.5. The molecule has 4 heteroatoms. The third kappa shape index (κ3) is 5.40. The average molecular weight is 444 g/mol. The van der Waals surface area contributed by atoms with E-state index in [0.29, 0.717) is 0 Å². The van der Waals surface area contributed by atoms with Gasteiger partial charge in [-0.05, 0) is 73.8 Å². The number of hydrogen-bond acceptors (Lipinski definition) is 3. The lowest BCUT2D eigenvalue weighted by Crippen LogP contribution is -2.26. The minimum atomic E-state index is -0.302. The molecule has 1 aromatic carbocycles. The number of nitrogens with zero attached hydrogens (tertiary/aromatic N) is 1. The van der Waals surface area contributed by atoms with Crippen molar-refractivity contribution < 1.29 is 9.90 Å². The molecule has 172 valence electrons. The molecule has 0 aliphatic rings. The van der Waals surface area contributed by atoms with Gasteiger partial charge in [0.2, 0.25) is 0 Å². The third-order valence-corrected chi connectivity index (χ3v) is 8.26. The Bertz CT molecular complexity index is 900. The highest BCUT2D eigenvalue weighted by molar-refractivity contribution is 7.12. The van der Waals surface area contributed by atoms with Crippen LogP contribution < -0.4 is 0 Å². The summed E-state index contributed by atoms with van der Waals surface area (Å²) in [6.07, 6.45) is 3.41. The Labute approximate surface area is 193 Å². The van der Waals surface area contributed by atoms with E-state index in [1.54, 1.807) is 19.0 Å². The summed E-state index contributed by atoms with van der Waals surface area (Å²) in [4.78, 5) is 16.9. The Morgan fingerprint density at radius 1 is 1.06 bits per heavy atom. The van der Waals surface area contributed by atoms with Crippen molar-refractivity contribution in [1.82, 2.24) is 4.90 Å². The van der Waals surface area contributed by atoms with E-state index in [9.17, 15) is 9.90 Å². The molecule has 0 saturated carbocycles. The molecular weight excluding hydrogens is 402 g/mol. The largest absolute Gasteiger partial charge is 0.393 e. The highest BCUT2D eigenvalue weighted by atomic mass is 32.1. The first-order valence-corrected chi connectivity index (χ1v) is 12.3. The third-order valence-electron chi connectivity index (χ3n) is 6.76. The molecule has 1 heterocycles. The van der Waals surface area contributed by atoms with E-state index in [1.165, 1.54) is 20.9 Å². The normalized spacial score (nSPS) is 13.4. The number of hydrogen-bond donors (Lipinski definition) is 1. The molecule has 1 unspecified atom stereocenters. The molecule has 0 aliphatic carbocycles. The van der Waals surface area contributed by atoms with Gasteiger partial charge < -0.3 is 10.0 Å². The van der Waals surface area contributed by atoms with E-state index in [2.05, 4.69) is 59.7 Å². The topological polar surface area (TPSA) is 40.5 Å². The Balaban J connectivity index is 2.41. The molecule has 0 aliphatic heterocycles. The van der Waals surface area contributed by atoms with Crippen LogP contribution >= 0.6 is 11.3 Å². The van der Waals surface area contributed by atoms with Gasteiger partial charge in [-0.1, -0.05) is 46.8 Å². The molecule has 1 N–H and O–H groups in total. The molecule has 0 radical (unpaired) electrons. The summed E-state index contributed by atoms with van der Waals surface area (Å²) in [6, 6.07) is 8.70. The molecule has 2 rings (SSSR count). The van der Waals surface area contributed by atoms with Crippen LogP contribution in [0.3, 0.4) is 0 Å². The van der Waals surface area contributed by atoms with E-state index in [0.717, 1.165) is 36.8 Å². The van der Waals surface area contributed by atoms with E-state index in [-0.39, 0.29) is 22.8 Å². The number of carbonyl (C=O) groups is 1. The van der Waals surface area contributed by atoms with Gasteiger partial charge in [-0.25, -0.2) is 0 Å². The summed E-state index contributed by atoms with van der Waals surface area (Å²) in [5, 5.41) is 10.5. The van der Waals surface area contributed by atoms with Crippen LogP contribution in [0.4, 0.5) is 0 Å². The van der Waals surface area contributed by atoms with E-state index in [1.807, 2.05) is 24.3 Å². The van der Waals surface area contributed by atoms with Crippen molar-refractivity contribution in [3.63, 3.8) is 0 Å². The molecule has 0 bridgehead atoms. The second kappa shape index (κ2) is 9.87. The van der Waals surface area contributed by atoms with Gasteiger partial charge in [-0.3, -0.25) is 4.79 Å². The van der Waals surface area contributed by atoms with E-state index in [4.69, 9.17) is 0 Å². The van der Waals surface area contributed by atoms with Crippen LogP contribution in [-0.4, -0.2) is 36.1 Å². The van der Waals surface area contributed by atoms with Crippen LogP contribution in [-0.2, 0) is 11.8 Å². The van der Waals surface area contributed by atoms with Crippen molar-refractivity contribution in [2.45, 2.75) is 85.7 Å². The fraction of sp³-hybridized carbons (Fsp3) is 0.593. The minimum Gasteiger partial charge on any atom is -0.393 e. The number of carbonyl (C=O) groups excluding carboxylic acids is 1. The van der Waals surface area contributed by atoms with Crippen molar-refractivity contribution in [2.75, 3.05) is 14.1 Å². The van der Waals surface area contributed by atoms with Crippen molar-refractivity contribution in [1.29, 1.82) is 0 Å². The predicted molar refractivity (Wildman–Crippen MR) is 133 cm³/mol. The number of thiophene rings is 1. The Kier molecular flexibility index (Phi) is 8.15. The van der Waals surface area contributed by atoms with Crippen LogP contribution in [0.2, 0.25) is 0 Å². The number of amides is 1. The Morgan fingerprint density at radius 2 is 1.68 bits per heavy atom. The molecule has 0 fully saturated rings. The molecule has 2 aromatic rings. The molecule has 0 spiro atoms. The van der Waals surface area contributed by atoms with Gasteiger partial charge >= 0.3 is 0 Å². The van der Waals surface area contributed by atoms with Crippen LogP contribution in [0.5, 0.6) is 0 Å². The molecule has 1 aromatic heterocycles. The van der Waals surface area contributed by atoms with Crippen molar-refractivity contribution in [2.24, 2.45) is 5.41 Å². The first-order valence-electron chi connectivity index (χ1n) is 11.5. The monoisotopic (exact) mass is 443 g/mol. The van der Waals surface area contributed by atoms with E-state index < -0.39 is 0 Å². The lowest BCUT2D eigenvalue weighted by Gasteiger charge is -2.32. The summed E-state index contributed by atoms with van der Waals surface area (Å²) < 4.78 is 0. The smallest absolute Gasteiger partial charge is 0.253 e. The number of aliphatic hydroxyl groups is 1. The lowest BCUT2D eigenvalue weighted by molar-refractivity contribution is 0.0561.